The first-order valence-corrected chi connectivity index (χ1v) is 6.91. The van der Waals surface area contributed by atoms with Crippen LogP contribution in [0.5, 0.6) is 0 Å². The molecule has 0 aliphatic carbocycles. The molecule has 3 heteroatoms. The van der Waals surface area contributed by atoms with Crippen LogP contribution in [-0.2, 0) is 6.54 Å². The molecule has 0 bridgehead atoms. The molecule has 100 valence electrons. The fraction of sp³-hybridized carbons (Fsp3) is 0.600. The minimum absolute atomic E-state index is 0.0930. The van der Waals surface area contributed by atoms with Crippen LogP contribution in [0, 0.1) is 11.7 Å². The molecule has 0 spiro atoms. The largest absolute Gasteiger partial charge is 0.369 e. The predicted octanol–water partition coefficient (Wildman–Crippen LogP) is 3.17. The van der Waals surface area contributed by atoms with E-state index in [9.17, 15) is 4.39 Å². The minimum atomic E-state index is -0.0930. The van der Waals surface area contributed by atoms with Crippen molar-refractivity contribution in [3.63, 3.8) is 0 Å². The van der Waals surface area contributed by atoms with Gasteiger partial charge in [-0.15, -0.1) is 0 Å². The average molecular weight is 250 g/mol. The zero-order valence-electron chi connectivity index (χ0n) is 11.4. The Labute approximate surface area is 109 Å². The molecule has 1 aromatic carbocycles. The van der Waals surface area contributed by atoms with E-state index in [4.69, 9.17) is 0 Å². The van der Waals surface area contributed by atoms with Crippen LogP contribution in [0.1, 0.15) is 32.3 Å². The van der Waals surface area contributed by atoms with Crippen molar-refractivity contribution in [3.8, 4) is 0 Å². The minimum Gasteiger partial charge on any atom is -0.369 e. The van der Waals surface area contributed by atoms with E-state index < -0.39 is 0 Å². The third-order valence-electron chi connectivity index (χ3n) is 3.34. The van der Waals surface area contributed by atoms with Crippen LogP contribution in [0.25, 0.3) is 0 Å². The highest BCUT2D eigenvalue weighted by atomic mass is 19.1. The number of anilines is 1. The molecular weight excluding hydrogens is 227 g/mol. The fourth-order valence-corrected chi connectivity index (χ4v) is 2.37. The third-order valence-corrected chi connectivity index (χ3v) is 3.34. The molecule has 1 heterocycles. The van der Waals surface area contributed by atoms with Gasteiger partial charge in [-0.1, -0.05) is 19.9 Å². The number of nitrogens with zero attached hydrogens (tertiary/aromatic N) is 1. The highest BCUT2D eigenvalue weighted by Gasteiger charge is 2.16. The Hall–Kier alpha value is -1.09. The van der Waals surface area contributed by atoms with Gasteiger partial charge >= 0.3 is 0 Å². The molecule has 1 fully saturated rings. The molecule has 0 saturated carbocycles. The number of nitrogens with one attached hydrogen (secondary N) is 1. The van der Waals surface area contributed by atoms with Gasteiger partial charge in [0.15, 0.2) is 0 Å². The van der Waals surface area contributed by atoms with Crippen LogP contribution in [0.2, 0.25) is 0 Å². The zero-order chi connectivity index (χ0) is 13.0. The number of benzene rings is 1. The second kappa shape index (κ2) is 6.19. The van der Waals surface area contributed by atoms with Crippen molar-refractivity contribution in [1.29, 1.82) is 0 Å². The van der Waals surface area contributed by atoms with Gasteiger partial charge in [-0.3, -0.25) is 0 Å². The normalized spacial score (nSPS) is 15.7. The van der Waals surface area contributed by atoms with Gasteiger partial charge in [0, 0.05) is 19.6 Å². The van der Waals surface area contributed by atoms with Gasteiger partial charge in [0.05, 0.1) is 5.69 Å². The number of rotatable bonds is 5. The summed E-state index contributed by atoms with van der Waals surface area (Å²) in [5.74, 6) is 0.549. The topological polar surface area (TPSA) is 15.3 Å². The SMILES string of the molecule is CC(C)CNCc1ccc(F)c(N2CCCC2)c1. The van der Waals surface area contributed by atoms with Crippen molar-refractivity contribution in [2.75, 3.05) is 24.5 Å². The first-order valence-electron chi connectivity index (χ1n) is 6.91. The molecule has 18 heavy (non-hydrogen) atoms. The van der Waals surface area contributed by atoms with Crippen molar-refractivity contribution >= 4 is 5.69 Å². The van der Waals surface area contributed by atoms with Crippen LogP contribution >= 0.6 is 0 Å². The van der Waals surface area contributed by atoms with Gasteiger partial charge < -0.3 is 10.2 Å². The van der Waals surface area contributed by atoms with Crippen molar-refractivity contribution in [2.24, 2.45) is 5.92 Å². The highest BCUT2D eigenvalue weighted by Crippen LogP contribution is 2.24. The number of hydrogen-bond donors (Lipinski definition) is 1. The molecule has 1 aliphatic heterocycles. The van der Waals surface area contributed by atoms with Gasteiger partial charge in [-0.2, -0.15) is 0 Å². The molecule has 1 aromatic rings. The molecular formula is C15H23FN2. The second-order valence-electron chi connectivity index (χ2n) is 5.50. The molecule has 2 rings (SSSR count). The lowest BCUT2D eigenvalue weighted by Crippen LogP contribution is -2.21. The monoisotopic (exact) mass is 250 g/mol. The summed E-state index contributed by atoms with van der Waals surface area (Å²) in [5.41, 5.74) is 1.94. The molecule has 0 aromatic heterocycles. The van der Waals surface area contributed by atoms with E-state index in [1.165, 1.54) is 18.4 Å². The Bertz CT molecular complexity index is 384. The van der Waals surface area contributed by atoms with Crippen molar-refractivity contribution in [1.82, 2.24) is 5.32 Å². The van der Waals surface area contributed by atoms with Gasteiger partial charge in [0.1, 0.15) is 5.82 Å². The van der Waals surface area contributed by atoms with E-state index in [0.717, 1.165) is 31.9 Å². The predicted molar refractivity (Wildman–Crippen MR) is 74.4 cm³/mol. The maximum atomic E-state index is 13.8. The molecule has 2 nitrogen and oxygen atoms in total. The van der Waals surface area contributed by atoms with E-state index in [-0.39, 0.29) is 5.82 Å². The lowest BCUT2D eigenvalue weighted by atomic mass is 10.1. The lowest BCUT2D eigenvalue weighted by Gasteiger charge is -2.19. The Kier molecular flexibility index (Phi) is 4.59. The van der Waals surface area contributed by atoms with Crippen molar-refractivity contribution in [3.05, 3.63) is 29.6 Å². The van der Waals surface area contributed by atoms with Crippen LogP contribution in [0.3, 0.4) is 0 Å². The van der Waals surface area contributed by atoms with E-state index in [0.29, 0.717) is 5.92 Å². The third kappa shape index (κ3) is 3.45. The standard InChI is InChI=1S/C15H23FN2/c1-12(2)10-17-11-13-5-6-14(16)15(9-13)18-7-3-4-8-18/h5-6,9,12,17H,3-4,7-8,10-11H2,1-2H3. The highest BCUT2D eigenvalue weighted by molar-refractivity contribution is 5.50. The van der Waals surface area contributed by atoms with Crippen LogP contribution < -0.4 is 10.2 Å². The number of hydrogen-bond acceptors (Lipinski definition) is 2. The molecule has 0 unspecified atom stereocenters. The number of halogens is 1. The Balaban J connectivity index is 2.01. The molecule has 1 saturated heterocycles. The first-order chi connectivity index (χ1) is 8.66. The summed E-state index contributed by atoms with van der Waals surface area (Å²) in [6.07, 6.45) is 2.35. The maximum Gasteiger partial charge on any atom is 0.146 e. The summed E-state index contributed by atoms with van der Waals surface area (Å²) < 4.78 is 13.8. The van der Waals surface area contributed by atoms with Crippen LogP contribution in [-0.4, -0.2) is 19.6 Å². The van der Waals surface area contributed by atoms with E-state index in [2.05, 4.69) is 24.1 Å². The summed E-state index contributed by atoms with van der Waals surface area (Å²) in [6, 6.07) is 5.47. The lowest BCUT2D eigenvalue weighted by molar-refractivity contribution is 0.551. The quantitative estimate of drug-likeness (QED) is 0.863. The average Bonchev–Trinajstić information content (AvgIpc) is 2.84. The molecule has 0 radical (unpaired) electrons. The summed E-state index contributed by atoms with van der Waals surface area (Å²) in [5, 5.41) is 3.40. The zero-order valence-corrected chi connectivity index (χ0v) is 11.4. The van der Waals surface area contributed by atoms with E-state index in [1.807, 2.05) is 12.1 Å². The smallest absolute Gasteiger partial charge is 0.146 e. The summed E-state index contributed by atoms with van der Waals surface area (Å²) >= 11 is 0. The van der Waals surface area contributed by atoms with Crippen LogP contribution in [0.15, 0.2) is 18.2 Å². The first kappa shape index (κ1) is 13.3. The fourth-order valence-electron chi connectivity index (χ4n) is 2.37. The molecule has 0 amide bonds. The van der Waals surface area contributed by atoms with E-state index >= 15 is 0 Å². The second-order valence-corrected chi connectivity index (χ2v) is 5.50. The van der Waals surface area contributed by atoms with Gasteiger partial charge in [0.2, 0.25) is 0 Å². The maximum absolute atomic E-state index is 13.8. The Morgan fingerprint density at radius 3 is 2.67 bits per heavy atom. The summed E-state index contributed by atoms with van der Waals surface area (Å²) in [4.78, 5) is 2.15. The molecule has 1 aliphatic rings. The van der Waals surface area contributed by atoms with Crippen LogP contribution in [0.4, 0.5) is 10.1 Å². The Morgan fingerprint density at radius 1 is 1.28 bits per heavy atom. The van der Waals surface area contributed by atoms with Gasteiger partial charge in [-0.25, -0.2) is 4.39 Å². The molecule has 1 N–H and O–H groups in total. The van der Waals surface area contributed by atoms with Crippen molar-refractivity contribution in [2.45, 2.75) is 33.2 Å². The summed E-state index contributed by atoms with van der Waals surface area (Å²) in [7, 11) is 0. The molecule has 0 atom stereocenters. The van der Waals surface area contributed by atoms with Crippen molar-refractivity contribution < 1.29 is 4.39 Å². The van der Waals surface area contributed by atoms with E-state index in [1.54, 1.807) is 6.07 Å². The Morgan fingerprint density at radius 2 is 2.00 bits per heavy atom. The van der Waals surface area contributed by atoms with Gasteiger partial charge in [-0.05, 0) is 43.0 Å². The summed E-state index contributed by atoms with van der Waals surface area (Å²) in [6.45, 7) is 8.16. The van der Waals surface area contributed by atoms with Gasteiger partial charge in [0.25, 0.3) is 0 Å².